The molecular formula is C25H30FN3O7. The SMILES string of the molecule is CC(C)(C)COc1cc(F)c(C=O)cc1[N+](=O)[O-].CC(C)(C)COc1cc2c(cc1[N+](=O)[O-])C=NC2. The van der Waals surface area contributed by atoms with Gasteiger partial charge in [0.25, 0.3) is 0 Å². The van der Waals surface area contributed by atoms with Crippen molar-refractivity contribution in [2.24, 2.45) is 15.8 Å². The van der Waals surface area contributed by atoms with E-state index in [1.165, 1.54) is 6.07 Å². The number of aldehydes is 1. The van der Waals surface area contributed by atoms with Crippen molar-refractivity contribution < 1.29 is 28.5 Å². The number of carbonyl (C=O) groups excluding carboxylic acids is 1. The average Bonchev–Trinajstić information content (AvgIpc) is 3.22. The van der Waals surface area contributed by atoms with Gasteiger partial charge in [-0.05, 0) is 22.5 Å². The molecule has 0 fully saturated rings. The van der Waals surface area contributed by atoms with Crippen LogP contribution in [-0.4, -0.2) is 35.6 Å². The summed E-state index contributed by atoms with van der Waals surface area (Å²) in [6, 6.07) is 5.00. The molecule has 10 nitrogen and oxygen atoms in total. The van der Waals surface area contributed by atoms with Gasteiger partial charge in [-0.25, -0.2) is 4.39 Å². The van der Waals surface area contributed by atoms with E-state index in [9.17, 15) is 29.4 Å². The summed E-state index contributed by atoms with van der Waals surface area (Å²) in [4.78, 5) is 35.3. The third kappa shape index (κ3) is 8.10. The predicted molar refractivity (Wildman–Crippen MR) is 133 cm³/mol. The number of nitro benzene ring substituents is 2. The van der Waals surface area contributed by atoms with Crippen LogP contribution < -0.4 is 9.47 Å². The third-order valence-corrected chi connectivity index (χ3v) is 4.63. The summed E-state index contributed by atoms with van der Waals surface area (Å²) in [5, 5.41) is 21.8. The first-order valence-corrected chi connectivity index (χ1v) is 11.1. The Balaban J connectivity index is 0.000000254. The van der Waals surface area contributed by atoms with Crippen LogP contribution >= 0.6 is 0 Å². The molecule has 0 amide bonds. The van der Waals surface area contributed by atoms with Crippen molar-refractivity contribution in [1.29, 1.82) is 0 Å². The van der Waals surface area contributed by atoms with E-state index >= 15 is 0 Å². The lowest BCUT2D eigenvalue weighted by Crippen LogP contribution is -2.17. The van der Waals surface area contributed by atoms with Crippen molar-refractivity contribution in [2.75, 3.05) is 13.2 Å². The molecule has 0 radical (unpaired) electrons. The highest BCUT2D eigenvalue weighted by atomic mass is 19.1. The van der Waals surface area contributed by atoms with Crippen molar-refractivity contribution in [1.82, 2.24) is 0 Å². The molecule has 3 rings (SSSR count). The third-order valence-electron chi connectivity index (χ3n) is 4.63. The van der Waals surface area contributed by atoms with Crippen LogP contribution in [0.15, 0.2) is 29.3 Å². The number of aliphatic imine (C=N–C) groups is 1. The minimum Gasteiger partial charge on any atom is -0.486 e. The second kappa shape index (κ2) is 11.2. The molecule has 0 saturated heterocycles. The molecule has 0 aliphatic carbocycles. The fourth-order valence-electron chi connectivity index (χ4n) is 2.88. The molecule has 0 aromatic heterocycles. The van der Waals surface area contributed by atoms with Gasteiger partial charge in [0.05, 0.1) is 35.2 Å². The molecule has 0 N–H and O–H groups in total. The number of halogens is 1. The zero-order valence-corrected chi connectivity index (χ0v) is 21.2. The van der Waals surface area contributed by atoms with Gasteiger partial charge in [-0.1, -0.05) is 41.5 Å². The molecule has 0 bridgehead atoms. The first-order chi connectivity index (χ1) is 16.6. The minimum absolute atomic E-state index is 0.00588. The average molecular weight is 504 g/mol. The number of hydrogen-bond acceptors (Lipinski definition) is 8. The van der Waals surface area contributed by atoms with Gasteiger partial charge >= 0.3 is 11.4 Å². The standard InChI is InChI=1S/C13H16N2O3.C12H14FNO4/c1-13(2,3)8-18-12-5-10-7-14-6-9(10)4-11(12)15(16)17;1-12(2,3)7-18-11-5-9(13)8(6-15)4-10(11)14(16)17/h4-6H,7-8H2,1-3H3;4-6H,7H2,1-3H3. The van der Waals surface area contributed by atoms with Crippen molar-refractivity contribution >= 4 is 23.9 Å². The van der Waals surface area contributed by atoms with E-state index in [2.05, 4.69) is 4.99 Å². The normalized spacial score (nSPS) is 12.3. The molecule has 1 aliphatic rings. The molecular weight excluding hydrogens is 473 g/mol. The van der Waals surface area contributed by atoms with Gasteiger partial charge in [0.1, 0.15) is 5.82 Å². The van der Waals surface area contributed by atoms with Gasteiger partial charge in [-0.15, -0.1) is 0 Å². The van der Waals surface area contributed by atoms with Crippen LogP contribution in [-0.2, 0) is 6.54 Å². The monoisotopic (exact) mass is 503 g/mol. The van der Waals surface area contributed by atoms with E-state index in [-0.39, 0.29) is 40.7 Å². The second-order valence-corrected chi connectivity index (χ2v) is 10.7. The number of nitro groups is 2. The number of rotatable bonds is 7. The summed E-state index contributed by atoms with van der Waals surface area (Å²) in [6.07, 6.45) is 1.89. The van der Waals surface area contributed by atoms with Crippen molar-refractivity contribution in [2.45, 2.75) is 48.1 Å². The number of ether oxygens (including phenoxy) is 2. The number of benzene rings is 2. The Morgan fingerprint density at radius 3 is 1.89 bits per heavy atom. The lowest BCUT2D eigenvalue weighted by atomic mass is 9.98. The van der Waals surface area contributed by atoms with Gasteiger partial charge in [0.2, 0.25) is 0 Å². The molecule has 0 saturated carbocycles. The van der Waals surface area contributed by atoms with E-state index in [1.54, 1.807) is 12.3 Å². The fraction of sp³-hybridized carbons (Fsp3) is 0.440. The highest BCUT2D eigenvalue weighted by molar-refractivity contribution is 5.86. The quantitative estimate of drug-likeness (QED) is 0.260. The summed E-state index contributed by atoms with van der Waals surface area (Å²) in [5.74, 6) is -0.670. The Bertz CT molecular complexity index is 1160. The molecule has 2 aromatic carbocycles. The Morgan fingerprint density at radius 2 is 1.42 bits per heavy atom. The van der Waals surface area contributed by atoms with Gasteiger partial charge < -0.3 is 9.47 Å². The van der Waals surface area contributed by atoms with E-state index in [0.29, 0.717) is 18.9 Å². The fourth-order valence-corrected chi connectivity index (χ4v) is 2.88. The van der Waals surface area contributed by atoms with Gasteiger partial charge in [0, 0.05) is 30.0 Å². The second-order valence-electron chi connectivity index (χ2n) is 10.7. The molecule has 1 aliphatic heterocycles. The van der Waals surface area contributed by atoms with Crippen LogP contribution in [0.2, 0.25) is 0 Å². The number of carbonyl (C=O) groups is 1. The first-order valence-electron chi connectivity index (χ1n) is 11.1. The Morgan fingerprint density at radius 1 is 0.917 bits per heavy atom. The van der Waals surface area contributed by atoms with Crippen LogP contribution in [0.5, 0.6) is 11.5 Å². The van der Waals surface area contributed by atoms with Crippen molar-refractivity contribution in [3.8, 4) is 11.5 Å². The maximum atomic E-state index is 13.4. The topological polar surface area (TPSA) is 134 Å². The largest absolute Gasteiger partial charge is 0.486 e. The van der Waals surface area contributed by atoms with E-state index in [1.807, 2.05) is 41.5 Å². The molecule has 11 heteroatoms. The van der Waals surface area contributed by atoms with Crippen LogP contribution in [0.4, 0.5) is 15.8 Å². The predicted octanol–water partition coefficient (Wildman–Crippen LogP) is 5.92. The maximum Gasteiger partial charge on any atom is 0.311 e. The van der Waals surface area contributed by atoms with Crippen molar-refractivity contribution in [3.63, 3.8) is 0 Å². The smallest absolute Gasteiger partial charge is 0.311 e. The lowest BCUT2D eigenvalue weighted by Gasteiger charge is -2.19. The summed E-state index contributed by atoms with van der Waals surface area (Å²) in [5.41, 5.74) is 0.769. The van der Waals surface area contributed by atoms with Gasteiger partial charge in [-0.2, -0.15) is 0 Å². The lowest BCUT2D eigenvalue weighted by molar-refractivity contribution is -0.386. The summed E-state index contributed by atoms with van der Waals surface area (Å²) in [6.45, 7) is 12.9. The summed E-state index contributed by atoms with van der Waals surface area (Å²) in [7, 11) is 0. The molecule has 0 unspecified atom stereocenters. The van der Waals surface area contributed by atoms with Crippen molar-refractivity contribution in [3.05, 3.63) is 67.0 Å². The van der Waals surface area contributed by atoms with Crippen LogP contribution in [0, 0.1) is 36.9 Å². The number of nitrogens with zero attached hydrogens (tertiary/aromatic N) is 3. The summed E-state index contributed by atoms with van der Waals surface area (Å²) >= 11 is 0. The zero-order chi connectivity index (χ0) is 27.3. The van der Waals surface area contributed by atoms with Crippen LogP contribution in [0.25, 0.3) is 0 Å². The van der Waals surface area contributed by atoms with E-state index in [4.69, 9.17) is 9.47 Å². The molecule has 36 heavy (non-hydrogen) atoms. The van der Waals surface area contributed by atoms with Crippen LogP contribution in [0.3, 0.4) is 0 Å². The molecule has 194 valence electrons. The molecule has 2 aromatic rings. The Hall–Kier alpha value is -3.89. The molecule has 0 spiro atoms. The first kappa shape index (κ1) is 28.3. The maximum absolute atomic E-state index is 13.4. The number of hydrogen-bond donors (Lipinski definition) is 0. The molecule has 1 heterocycles. The zero-order valence-electron chi connectivity index (χ0n) is 21.2. The van der Waals surface area contributed by atoms with E-state index < -0.39 is 21.4 Å². The Labute approximate surface area is 208 Å². The summed E-state index contributed by atoms with van der Waals surface area (Å²) < 4.78 is 24.2. The highest BCUT2D eigenvalue weighted by Crippen LogP contribution is 2.33. The van der Waals surface area contributed by atoms with E-state index in [0.717, 1.165) is 23.3 Å². The van der Waals surface area contributed by atoms with Gasteiger partial charge in [0.15, 0.2) is 17.8 Å². The Kier molecular flexibility index (Phi) is 8.84. The molecule has 0 atom stereocenters. The number of fused-ring (bicyclic) bond motifs is 1. The van der Waals surface area contributed by atoms with Gasteiger partial charge in [-0.3, -0.25) is 30.0 Å². The van der Waals surface area contributed by atoms with Crippen LogP contribution in [0.1, 0.15) is 63.0 Å². The highest BCUT2D eigenvalue weighted by Gasteiger charge is 2.23. The minimum atomic E-state index is -0.834.